The number of carbonyl (C=O) groups is 3. The minimum absolute atomic E-state index is 0.0888. The zero-order valence-corrected chi connectivity index (χ0v) is 22.7. The number of hydrogen-bond donors (Lipinski definition) is 2. The van der Waals surface area contributed by atoms with Crippen molar-refractivity contribution in [2.75, 3.05) is 39.1 Å². The van der Waals surface area contributed by atoms with Crippen LogP contribution in [0.3, 0.4) is 0 Å². The standard InChI is InChI=1S/C24H30N4O7S2/c1-14-11-28(12-15(2)35-14)37(32,33)17-7-5-16(6-8-17)21(29)26-23-20(22(30)25-3)18-9-10-27(24(31)34-4)13-19(18)36-23/h5-8,14-15H,9-13H2,1-4H3,(H,25,30)(H,26,29). The van der Waals surface area contributed by atoms with Crippen LogP contribution in [0.5, 0.6) is 0 Å². The SMILES string of the molecule is CNC(=O)c1c(NC(=O)c2ccc(S(=O)(=O)N3CC(C)OC(C)C3)cc2)sc2c1CCN(C(=O)OC)C2. The van der Waals surface area contributed by atoms with Crippen LogP contribution in [0, 0.1) is 0 Å². The van der Waals surface area contributed by atoms with E-state index in [1.165, 1.54) is 59.0 Å². The molecule has 2 atom stereocenters. The molecule has 0 radical (unpaired) electrons. The van der Waals surface area contributed by atoms with E-state index in [1.54, 1.807) is 0 Å². The van der Waals surface area contributed by atoms with Crippen molar-refractivity contribution in [3.05, 3.63) is 45.8 Å². The number of amides is 3. The van der Waals surface area contributed by atoms with E-state index < -0.39 is 22.0 Å². The third-order valence-corrected chi connectivity index (χ3v) is 9.29. The fourth-order valence-corrected chi connectivity index (χ4v) is 7.42. The fourth-order valence-electron chi connectivity index (χ4n) is 4.57. The Morgan fingerprint density at radius 3 is 2.32 bits per heavy atom. The highest BCUT2D eigenvalue weighted by molar-refractivity contribution is 7.89. The van der Waals surface area contributed by atoms with Crippen molar-refractivity contribution >= 4 is 44.3 Å². The largest absolute Gasteiger partial charge is 0.453 e. The smallest absolute Gasteiger partial charge is 0.409 e. The Morgan fingerprint density at radius 2 is 1.73 bits per heavy atom. The lowest BCUT2D eigenvalue weighted by molar-refractivity contribution is -0.0440. The quantitative estimate of drug-likeness (QED) is 0.583. The summed E-state index contributed by atoms with van der Waals surface area (Å²) in [6.07, 6.45) is -0.434. The van der Waals surface area contributed by atoms with Gasteiger partial charge in [0.05, 0.1) is 36.3 Å². The number of methoxy groups -OCH3 is 1. The van der Waals surface area contributed by atoms with Gasteiger partial charge in [-0.2, -0.15) is 4.31 Å². The number of benzene rings is 1. The molecule has 2 aliphatic heterocycles. The van der Waals surface area contributed by atoms with Crippen molar-refractivity contribution in [3.8, 4) is 0 Å². The Hall–Kier alpha value is -3.00. The molecule has 0 saturated carbocycles. The molecule has 0 bridgehead atoms. The first kappa shape index (κ1) is 27.0. The summed E-state index contributed by atoms with van der Waals surface area (Å²) in [6, 6.07) is 5.70. The van der Waals surface area contributed by atoms with Gasteiger partial charge >= 0.3 is 6.09 Å². The number of thiophene rings is 1. The van der Waals surface area contributed by atoms with Gasteiger partial charge < -0.3 is 25.0 Å². The summed E-state index contributed by atoms with van der Waals surface area (Å²) in [7, 11) is -0.916. The Labute approximate surface area is 219 Å². The molecule has 1 aromatic carbocycles. The van der Waals surface area contributed by atoms with Crippen LogP contribution in [0.25, 0.3) is 0 Å². The summed E-state index contributed by atoms with van der Waals surface area (Å²) in [6.45, 7) is 4.84. The van der Waals surface area contributed by atoms with Crippen LogP contribution in [0.4, 0.5) is 9.80 Å². The predicted octanol–water partition coefficient (Wildman–Crippen LogP) is 2.28. The third kappa shape index (κ3) is 5.49. The molecule has 4 rings (SSSR count). The molecule has 0 aliphatic carbocycles. The Morgan fingerprint density at radius 1 is 1.08 bits per heavy atom. The molecule has 2 aliphatic rings. The van der Waals surface area contributed by atoms with Crippen LogP contribution in [-0.2, 0) is 32.5 Å². The molecular formula is C24H30N4O7S2. The summed E-state index contributed by atoms with van der Waals surface area (Å²) < 4.78 is 38.0. The molecule has 0 spiro atoms. The molecule has 11 nitrogen and oxygen atoms in total. The third-order valence-electron chi connectivity index (χ3n) is 6.31. The van der Waals surface area contributed by atoms with E-state index in [0.29, 0.717) is 23.5 Å². The van der Waals surface area contributed by atoms with E-state index >= 15 is 0 Å². The number of nitrogens with zero attached hydrogens (tertiary/aromatic N) is 2. The van der Waals surface area contributed by atoms with Gasteiger partial charge in [0.15, 0.2) is 0 Å². The molecule has 37 heavy (non-hydrogen) atoms. The highest BCUT2D eigenvalue weighted by Gasteiger charge is 2.33. The molecule has 2 unspecified atom stereocenters. The summed E-state index contributed by atoms with van der Waals surface area (Å²) in [5, 5.41) is 5.78. The van der Waals surface area contributed by atoms with Gasteiger partial charge in [-0.05, 0) is 50.1 Å². The van der Waals surface area contributed by atoms with Crippen molar-refractivity contribution in [3.63, 3.8) is 0 Å². The van der Waals surface area contributed by atoms with Gasteiger partial charge in [-0.3, -0.25) is 9.59 Å². The maximum atomic E-state index is 13.1. The average Bonchev–Trinajstić information content (AvgIpc) is 3.24. The number of nitrogens with one attached hydrogen (secondary N) is 2. The van der Waals surface area contributed by atoms with Crippen molar-refractivity contribution in [1.82, 2.24) is 14.5 Å². The first-order valence-corrected chi connectivity index (χ1v) is 14.1. The second kappa shape index (κ2) is 10.8. The van der Waals surface area contributed by atoms with Crippen LogP contribution in [0.2, 0.25) is 0 Å². The molecule has 3 heterocycles. The number of morpholine rings is 1. The lowest BCUT2D eigenvalue weighted by Crippen LogP contribution is -2.48. The maximum absolute atomic E-state index is 13.1. The van der Waals surface area contributed by atoms with Gasteiger partial charge in [0, 0.05) is 37.1 Å². The molecule has 2 aromatic rings. The number of carbonyl (C=O) groups excluding carboxylic acids is 3. The molecule has 200 valence electrons. The minimum atomic E-state index is -3.74. The lowest BCUT2D eigenvalue weighted by Gasteiger charge is -2.34. The zero-order chi connectivity index (χ0) is 26.9. The fraction of sp³-hybridized carbons (Fsp3) is 0.458. The van der Waals surface area contributed by atoms with E-state index in [2.05, 4.69) is 10.6 Å². The Bertz CT molecular complexity index is 1300. The molecule has 13 heteroatoms. The normalized spacial score (nSPS) is 20.2. The summed E-state index contributed by atoms with van der Waals surface area (Å²) in [4.78, 5) is 40.1. The van der Waals surface area contributed by atoms with Crippen molar-refractivity contribution in [1.29, 1.82) is 0 Å². The van der Waals surface area contributed by atoms with Crippen LogP contribution >= 0.6 is 11.3 Å². The van der Waals surface area contributed by atoms with Gasteiger partial charge in [0.2, 0.25) is 10.0 Å². The number of ether oxygens (including phenoxy) is 2. The minimum Gasteiger partial charge on any atom is -0.453 e. The predicted molar refractivity (Wildman–Crippen MR) is 137 cm³/mol. The monoisotopic (exact) mass is 550 g/mol. The summed E-state index contributed by atoms with van der Waals surface area (Å²) in [5.74, 6) is -0.819. The molecule has 1 fully saturated rings. The second-order valence-corrected chi connectivity index (χ2v) is 12.0. The highest BCUT2D eigenvalue weighted by Crippen LogP contribution is 2.37. The zero-order valence-electron chi connectivity index (χ0n) is 21.1. The number of rotatable bonds is 5. The molecule has 2 N–H and O–H groups in total. The van der Waals surface area contributed by atoms with Gasteiger partial charge in [-0.15, -0.1) is 11.3 Å². The van der Waals surface area contributed by atoms with Gasteiger partial charge in [-0.25, -0.2) is 13.2 Å². The van der Waals surface area contributed by atoms with Crippen LogP contribution < -0.4 is 10.6 Å². The summed E-state index contributed by atoms with van der Waals surface area (Å²) >= 11 is 1.23. The molecular weight excluding hydrogens is 520 g/mol. The van der Waals surface area contributed by atoms with Gasteiger partial charge in [0.25, 0.3) is 11.8 Å². The maximum Gasteiger partial charge on any atom is 0.409 e. The van der Waals surface area contributed by atoms with Crippen LogP contribution in [0.1, 0.15) is 45.0 Å². The van der Waals surface area contributed by atoms with E-state index in [-0.39, 0.29) is 48.2 Å². The van der Waals surface area contributed by atoms with Crippen molar-refractivity contribution < 1.29 is 32.3 Å². The second-order valence-electron chi connectivity index (χ2n) is 8.99. The Balaban J connectivity index is 1.55. The van der Waals surface area contributed by atoms with E-state index in [1.807, 2.05) is 13.8 Å². The number of hydrogen-bond acceptors (Lipinski definition) is 8. The van der Waals surface area contributed by atoms with E-state index in [0.717, 1.165) is 10.4 Å². The number of anilines is 1. The van der Waals surface area contributed by atoms with Crippen LogP contribution in [-0.4, -0.2) is 81.5 Å². The summed E-state index contributed by atoms with van der Waals surface area (Å²) in [5.41, 5.74) is 1.40. The Kier molecular flexibility index (Phi) is 7.88. The van der Waals surface area contributed by atoms with Gasteiger partial charge in [-0.1, -0.05) is 0 Å². The van der Waals surface area contributed by atoms with E-state index in [4.69, 9.17) is 9.47 Å². The molecule has 1 aromatic heterocycles. The number of sulfonamides is 1. The van der Waals surface area contributed by atoms with Crippen molar-refractivity contribution in [2.45, 2.75) is 43.9 Å². The lowest BCUT2D eigenvalue weighted by atomic mass is 10.0. The molecule has 3 amide bonds. The molecule has 1 saturated heterocycles. The highest BCUT2D eigenvalue weighted by atomic mass is 32.2. The number of fused-ring (bicyclic) bond motifs is 1. The van der Waals surface area contributed by atoms with Crippen LogP contribution in [0.15, 0.2) is 29.2 Å². The average molecular weight is 551 g/mol. The first-order valence-electron chi connectivity index (χ1n) is 11.8. The topological polar surface area (TPSA) is 134 Å². The van der Waals surface area contributed by atoms with Crippen molar-refractivity contribution in [2.24, 2.45) is 0 Å². The van der Waals surface area contributed by atoms with E-state index in [9.17, 15) is 22.8 Å². The first-order chi connectivity index (χ1) is 17.5. The van der Waals surface area contributed by atoms with Gasteiger partial charge in [0.1, 0.15) is 5.00 Å².